The van der Waals surface area contributed by atoms with Crippen molar-refractivity contribution in [1.82, 2.24) is 4.90 Å². The molecule has 114 valence electrons. The van der Waals surface area contributed by atoms with Gasteiger partial charge in [-0.15, -0.1) is 0 Å². The van der Waals surface area contributed by atoms with Crippen LogP contribution in [-0.4, -0.2) is 56.1 Å². The molecule has 0 amide bonds. The molecule has 0 fully saturated rings. The van der Waals surface area contributed by atoms with Crippen LogP contribution in [0, 0.1) is 0 Å². The first kappa shape index (κ1) is 16.6. The molecular weight excluding hydrogens is 275 g/mol. The number of hydrogen-bond donors (Lipinski definition) is 1. The van der Waals surface area contributed by atoms with Crippen molar-refractivity contribution < 1.29 is 27.8 Å². The van der Waals surface area contributed by atoms with Gasteiger partial charge in [0, 0.05) is 13.1 Å². The molecule has 1 aromatic rings. The van der Waals surface area contributed by atoms with Crippen LogP contribution in [0.15, 0.2) is 24.3 Å². The molecule has 0 spiro atoms. The minimum absolute atomic E-state index is 0.0468. The van der Waals surface area contributed by atoms with Crippen molar-refractivity contribution >= 4 is 0 Å². The molecule has 0 heterocycles. The summed E-state index contributed by atoms with van der Waals surface area (Å²) in [6, 6.07) is 6.90. The fourth-order valence-electron chi connectivity index (χ4n) is 1.69. The number of methoxy groups -OCH3 is 1. The molecule has 1 N–H and O–H groups in total. The third kappa shape index (κ3) is 6.12. The number of rotatable bonds is 8. The molecule has 0 aliphatic rings. The lowest BCUT2D eigenvalue weighted by atomic mass is 10.3. The van der Waals surface area contributed by atoms with Crippen molar-refractivity contribution in [2.75, 3.05) is 40.0 Å². The van der Waals surface area contributed by atoms with Gasteiger partial charge in [0.2, 0.25) is 0 Å². The first-order valence-corrected chi connectivity index (χ1v) is 6.12. The molecule has 20 heavy (non-hydrogen) atoms. The largest absolute Gasteiger partial charge is 0.493 e. The summed E-state index contributed by atoms with van der Waals surface area (Å²) in [6.45, 7) is -1.29. The molecule has 0 unspecified atom stereocenters. The Kier molecular flexibility index (Phi) is 6.60. The minimum atomic E-state index is -4.29. The number of hydrogen-bond acceptors (Lipinski definition) is 4. The number of aliphatic hydroxyl groups excluding tert-OH is 1. The maximum atomic E-state index is 12.3. The van der Waals surface area contributed by atoms with E-state index < -0.39 is 12.7 Å². The van der Waals surface area contributed by atoms with Gasteiger partial charge in [-0.05, 0) is 12.1 Å². The molecule has 0 aliphatic heterocycles. The monoisotopic (exact) mass is 293 g/mol. The van der Waals surface area contributed by atoms with E-state index in [1.807, 2.05) is 0 Å². The van der Waals surface area contributed by atoms with Gasteiger partial charge >= 0.3 is 6.18 Å². The Morgan fingerprint density at radius 3 is 2.35 bits per heavy atom. The predicted octanol–water partition coefficient (Wildman–Crippen LogP) is 1.93. The first-order chi connectivity index (χ1) is 9.46. The summed E-state index contributed by atoms with van der Waals surface area (Å²) in [6.07, 6.45) is -4.29. The Morgan fingerprint density at radius 2 is 1.80 bits per heavy atom. The van der Waals surface area contributed by atoms with E-state index in [2.05, 4.69) is 0 Å². The van der Waals surface area contributed by atoms with E-state index in [4.69, 9.17) is 14.6 Å². The Balaban J connectivity index is 2.47. The summed E-state index contributed by atoms with van der Waals surface area (Å²) in [4.78, 5) is 1.09. The SMILES string of the molecule is COc1ccccc1OCCN(CCO)CC(F)(F)F. The van der Waals surface area contributed by atoms with E-state index in [1.165, 1.54) is 7.11 Å². The highest BCUT2D eigenvalue weighted by molar-refractivity contribution is 5.39. The molecule has 0 aliphatic carbocycles. The van der Waals surface area contributed by atoms with Gasteiger partial charge in [-0.25, -0.2) is 0 Å². The normalized spacial score (nSPS) is 11.7. The van der Waals surface area contributed by atoms with Crippen LogP contribution < -0.4 is 9.47 Å². The molecular formula is C13H18F3NO3. The Labute approximate surface area is 115 Å². The maximum absolute atomic E-state index is 12.3. The van der Waals surface area contributed by atoms with Crippen molar-refractivity contribution in [2.24, 2.45) is 0 Å². The number of para-hydroxylation sites is 2. The second kappa shape index (κ2) is 7.96. The molecule has 0 radical (unpaired) electrons. The standard InChI is InChI=1S/C13H18F3NO3/c1-19-11-4-2-3-5-12(11)20-9-7-17(6-8-18)10-13(14,15)16/h2-5,18H,6-10H2,1H3. The van der Waals surface area contributed by atoms with E-state index >= 15 is 0 Å². The summed E-state index contributed by atoms with van der Waals surface area (Å²) in [5, 5.41) is 8.76. The molecule has 0 aromatic heterocycles. The van der Waals surface area contributed by atoms with Gasteiger partial charge in [0.05, 0.1) is 20.3 Å². The van der Waals surface area contributed by atoms with E-state index in [0.717, 1.165) is 4.90 Å². The summed E-state index contributed by atoms with van der Waals surface area (Å²) in [7, 11) is 1.49. The molecule has 1 rings (SSSR count). The zero-order valence-corrected chi connectivity index (χ0v) is 11.2. The zero-order valence-electron chi connectivity index (χ0n) is 11.2. The number of alkyl halides is 3. The van der Waals surface area contributed by atoms with E-state index in [1.54, 1.807) is 24.3 Å². The number of ether oxygens (including phenoxy) is 2. The average Bonchev–Trinajstić information content (AvgIpc) is 2.37. The highest BCUT2D eigenvalue weighted by atomic mass is 19.4. The minimum Gasteiger partial charge on any atom is -0.493 e. The van der Waals surface area contributed by atoms with E-state index in [0.29, 0.717) is 11.5 Å². The summed E-state index contributed by atoms with van der Waals surface area (Å²) < 4.78 is 47.4. The van der Waals surface area contributed by atoms with Gasteiger partial charge in [-0.2, -0.15) is 13.2 Å². The lowest BCUT2D eigenvalue weighted by Crippen LogP contribution is -2.38. The smallest absolute Gasteiger partial charge is 0.401 e. The van der Waals surface area contributed by atoms with Crippen molar-refractivity contribution in [2.45, 2.75) is 6.18 Å². The van der Waals surface area contributed by atoms with E-state index in [-0.39, 0.29) is 26.3 Å². The summed E-state index contributed by atoms with van der Waals surface area (Å²) in [5.74, 6) is 1.00. The Hall–Kier alpha value is -1.47. The molecule has 1 aromatic carbocycles. The zero-order chi connectivity index (χ0) is 15.0. The van der Waals surface area contributed by atoms with Crippen LogP contribution in [0.2, 0.25) is 0 Å². The fraction of sp³-hybridized carbons (Fsp3) is 0.538. The lowest BCUT2D eigenvalue weighted by Gasteiger charge is -2.22. The van der Waals surface area contributed by atoms with Crippen molar-refractivity contribution in [3.8, 4) is 11.5 Å². The van der Waals surface area contributed by atoms with Crippen LogP contribution in [-0.2, 0) is 0 Å². The summed E-state index contributed by atoms with van der Waals surface area (Å²) in [5.41, 5.74) is 0. The quantitative estimate of drug-likeness (QED) is 0.795. The van der Waals surface area contributed by atoms with E-state index in [9.17, 15) is 13.2 Å². The van der Waals surface area contributed by atoms with Crippen LogP contribution >= 0.6 is 0 Å². The molecule has 7 heteroatoms. The fourth-order valence-corrected chi connectivity index (χ4v) is 1.69. The molecule has 0 atom stereocenters. The van der Waals surface area contributed by atoms with Gasteiger partial charge < -0.3 is 14.6 Å². The first-order valence-electron chi connectivity index (χ1n) is 6.12. The number of nitrogens with zero attached hydrogens (tertiary/aromatic N) is 1. The average molecular weight is 293 g/mol. The van der Waals surface area contributed by atoms with Crippen LogP contribution in [0.1, 0.15) is 0 Å². The van der Waals surface area contributed by atoms with Crippen LogP contribution in [0.4, 0.5) is 13.2 Å². The van der Waals surface area contributed by atoms with Crippen molar-refractivity contribution in [3.63, 3.8) is 0 Å². The van der Waals surface area contributed by atoms with Crippen LogP contribution in [0.25, 0.3) is 0 Å². The molecule has 4 nitrogen and oxygen atoms in total. The van der Waals surface area contributed by atoms with Gasteiger partial charge in [0.1, 0.15) is 6.61 Å². The van der Waals surface area contributed by atoms with Gasteiger partial charge in [-0.1, -0.05) is 12.1 Å². The van der Waals surface area contributed by atoms with Crippen molar-refractivity contribution in [1.29, 1.82) is 0 Å². The predicted molar refractivity (Wildman–Crippen MR) is 68.1 cm³/mol. The number of aliphatic hydroxyl groups is 1. The van der Waals surface area contributed by atoms with Gasteiger partial charge in [-0.3, -0.25) is 4.90 Å². The molecule has 0 saturated heterocycles. The second-order valence-corrected chi connectivity index (χ2v) is 4.11. The van der Waals surface area contributed by atoms with Crippen LogP contribution in [0.5, 0.6) is 11.5 Å². The van der Waals surface area contributed by atoms with Crippen molar-refractivity contribution in [3.05, 3.63) is 24.3 Å². The number of halogens is 3. The topological polar surface area (TPSA) is 41.9 Å². The number of benzene rings is 1. The second-order valence-electron chi connectivity index (χ2n) is 4.11. The maximum Gasteiger partial charge on any atom is 0.401 e. The Bertz CT molecular complexity index is 399. The third-order valence-electron chi connectivity index (χ3n) is 2.55. The van der Waals surface area contributed by atoms with Gasteiger partial charge in [0.25, 0.3) is 0 Å². The van der Waals surface area contributed by atoms with Gasteiger partial charge in [0.15, 0.2) is 11.5 Å². The molecule has 0 saturated carbocycles. The third-order valence-corrected chi connectivity index (χ3v) is 2.55. The highest BCUT2D eigenvalue weighted by Gasteiger charge is 2.30. The highest BCUT2D eigenvalue weighted by Crippen LogP contribution is 2.25. The summed E-state index contributed by atoms with van der Waals surface area (Å²) >= 11 is 0. The molecule has 0 bridgehead atoms. The van der Waals surface area contributed by atoms with Crippen LogP contribution in [0.3, 0.4) is 0 Å². The lowest BCUT2D eigenvalue weighted by molar-refractivity contribution is -0.147. The Morgan fingerprint density at radius 1 is 1.15 bits per heavy atom.